The minimum absolute atomic E-state index is 0.553. The second-order valence-electron chi connectivity index (χ2n) is 5.99. The number of hydrogen-bond acceptors (Lipinski definition) is 4. The summed E-state index contributed by atoms with van der Waals surface area (Å²) < 4.78 is 7.69. The van der Waals surface area contributed by atoms with Crippen LogP contribution in [0.1, 0.15) is 18.1 Å². The molecule has 0 aliphatic heterocycles. The number of nitrogens with two attached hydrogens (primary N) is 2. The summed E-state index contributed by atoms with van der Waals surface area (Å²) in [7, 11) is 0. The zero-order chi connectivity index (χ0) is 17.3. The molecule has 0 radical (unpaired) electrons. The largest absolute Gasteiger partial charge is 0.492 e. The maximum absolute atomic E-state index is 6.12. The highest BCUT2D eigenvalue weighted by molar-refractivity contribution is 5.83. The summed E-state index contributed by atoms with van der Waals surface area (Å²) in [5.74, 6) is 1.59. The molecule has 0 saturated heterocycles. The topological polar surface area (TPSA) is 79.1 Å². The van der Waals surface area contributed by atoms with Crippen molar-refractivity contribution in [3.8, 4) is 17.1 Å². The summed E-state index contributed by atoms with van der Waals surface area (Å²) in [6.45, 7) is 8.01. The molecule has 0 amide bonds. The summed E-state index contributed by atoms with van der Waals surface area (Å²) in [6.07, 6.45) is 0. The van der Waals surface area contributed by atoms with Crippen LogP contribution in [0.4, 0.5) is 5.69 Å². The molecule has 5 heteroatoms. The van der Waals surface area contributed by atoms with Crippen molar-refractivity contribution in [2.75, 3.05) is 18.9 Å². The van der Waals surface area contributed by atoms with Gasteiger partial charge in [0.15, 0.2) is 0 Å². The maximum Gasteiger partial charge on any atom is 0.142 e. The van der Waals surface area contributed by atoms with Crippen LogP contribution in [0.15, 0.2) is 30.3 Å². The van der Waals surface area contributed by atoms with Gasteiger partial charge in [0.25, 0.3) is 0 Å². The predicted octanol–water partition coefficient (Wildman–Crippen LogP) is 3.26. The number of nitrogen functional groups attached to an aromatic ring is 1. The highest BCUT2D eigenvalue weighted by Gasteiger charge is 2.14. The molecular weight excluding hydrogens is 300 g/mol. The first-order valence-corrected chi connectivity index (χ1v) is 8.25. The summed E-state index contributed by atoms with van der Waals surface area (Å²) in [6, 6.07) is 10.1. The van der Waals surface area contributed by atoms with Crippen molar-refractivity contribution < 1.29 is 4.74 Å². The SMILES string of the molecule is CCOc1ccc(-c2nc3cc(C)c(C)cc3n2CCN)cc1N. The third-order valence-electron chi connectivity index (χ3n) is 4.28. The summed E-state index contributed by atoms with van der Waals surface area (Å²) in [4.78, 5) is 4.83. The van der Waals surface area contributed by atoms with Crippen molar-refractivity contribution in [3.05, 3.63) is 41.5 Å². The van der Waals surface area contributed by atoms with E-state index < -0.39 is 0 Å². The van der Waals surface area contributed by atoms with Crippen molar-refractivity contribution in [2.45, 2.75) is 27.3 Å². The molecule has 126 valence electrons. The van der Waals surface area contributed by atoms with Crippen LogP contribution in [0.25, 0.3) is 22.4 Å². The van der Waals surface area contributed by atoms with Gasteiger partial charge < -0.3 is 20.8 Å². The van der Waals surface area contributed by atoms with E-state index in [0.29, 0.717) is 31.1 Å². The lowest BCUT2D eigenvalue weighted by molar-refractivity contribution is 0.342. The fourth-order valence-corrected chi connectivity index (χ4v) is 2.93. The second kappa shape index (κ2) is 6.53. The number of hydrogen-bond donors (Lipinski definition) is 2. The van der Waals surface area contributed by atoms with Crippen LogP contribution in [-0.4, -0.2) is 22.7 Å². The number of rotatable bonds is 5. The first-order valence-electron chi connectivity index (χ1n) is 8.25. The van der Waals surface area contributed by atoms with Crippen LogP contribution in [0.3, 0.4) is 0 Å². The molecule has 1 aromatic heterocycles. The number of aryl methyl sites for hydroxylation is 2. The van der Waals surface area contributed by atoms with Gasteiger partial charge in [0.1, 0.15) is 11.6 Å². The standard InChI is InChI=1S/C19H24N4O/c1-4-24-18-6-5-14(11-15(18)21)19-22-16-9-12(2)13(3)10-17(16)23(19)8-7-20/h5-6,9-11H,4,7-8,20-21H2,1-3H3. The summed E-state index contributed by atoms with van der Waals surface area (Å²) in [5, 5.41) is 0. The molecule has 2 aromatic carbocycles. The molecule has 0 unspecified atom stereocenters. The van der Waals surface area contributed by atoms with E-state index in [-0.39, 0.29) is 0 Å². The molecule has 0 saturated carbocycles. The second-order valence-corrected chi connectivity index (χ2v) is 5.99. The Balaban J connectivity index is 2.18. The minimum atomic E-state index is 0.553. The van der Waals surface area contributed by atoms with Gasteiger partial charge in [0.2, 0.25) is 0 Å². The zero-order valence-corrected chi connectivity index (χ0v) is 14.5. The molecule has 1 heterocycles. The van der Waals surface area contributed by atoms with Crippen molar-refractivity contribution in [3.63, 3.8) is 0 Å². The lowest BCUT2D eigenvalue weighted by Crippen LogP contribution is -2.11. The Hall–Kier alpha value is -2.53. The number of imidazole rings is 1. The van der Waals surface area contributed by atoms with E-state index in [2.05, 4.69) is 30.5 Å². The fourth-order valence-electron chi connectivity index (χ4n) is 2.93. The van der Waals surface area contributed by atoms with Gasteiger partial charge in [-0.3, -0.25) is 0 Å². The van der Waals surface area contributed by atoms with Gasteiger partial charge in [-0.25, -0.2) is 4.98 Å². The van der Waals surface area contributed by atoms with E-state index in [4.69, 9.17) is 21.2 Å². The van der Waals surface area contributed by atoms with E-state index in [1.807, 2.05) is 25.1 Å². The number of aromatic nitrogens is 2. The average Bonchev–Trinajstić information content (AvgIpc) is 2.88. The third kappa shape index (κ3) is 2.83. The van der Waals surface area contributed by atoms with Crippen molar-refractivity contribution >= 4 is 16.7 Å². The predicted molar refractivity (Wildman–Crippen MR) is 99.3 cm³/mol. The first-order chi connectivity index (χ1) is 11.5. The van der Waals surface area contributed by atoms with E-state index in [9.17, 15) is 0 Å². The molecule has 0 aliphatic carbocycles. The van der Waals surface area contributed by atoms with Gasteiger partial charge >= 0.3 is 0 Å². The Morgan fingerprint density at radius 1 is 1.12 bits per heavy atom. The Kier molecular flexibility index (Phi) is 4.44. The molecule has 5 nitrogen and oxygen atoms in total. The Morgan fingerprint density at radius 3 is 2.54 bits per heavy atom. The van der Waals surface area contributed by atoms with Crippen molar-refractivity contribution in [2.24, 2.45) is 5.73 Å². The van der Waals surface area contributed by atoms with E-state index in [1.54, 1.807) is 0 Å². The molecule has 3 aromatic rings. The highest BCUT2D eigenvalue weighted by Crippen LogP contribution is 2.31. The Morgan fingerprint density at radius 2 is 1.88 bits per heavy atom. The quantitative estimate of drug-likeness (QED) is 0.706. The van der Waals surface area contributed by atoms with E-state index >= 15 is 0 Å². The molecule has 24 heavy (non-hydrogen) atoms. The number of anilines is 1. The molecule has 0 bridgehead atoms. The Bertz CT molecular complexity index is 883. The number of benzene rings is 2. The minimum Gasteiger partial charge on any atom is -0.492 e. The zero-order valence-electron chi connectivity index (χ0n) is 14.5. The lowest BCUT2D eigenvalue weighted by atomic mass is 10.1. The van der Waals surface area contributed by atoms with Crippen LogP contribution in [0, 0.1) is 13.8 Å². The Labute approximate surface area is 142 Å². The van der Waals surface area contributed by atoms with Crippen LogP contribution < -0.4 is 16.2 Å². The number of fused-ring (bicyclic) bond motifs is 1. The normalized spacial score (nSPS) is 11.2. The summed E-state index contributed by atoms with van der Waals surface area (Å²) >= 11 is 0. The maximum atomic E-state index is 6.12. The number of nitrogens with zero attached hydrogens (tertiary/aromatic N) is 2. The molecule has 3 rings (SSSR count). The van der Waals surface area contributed by atoms with Crippen molar-refractivity contribution in [1.29, 1.82) is 0 Å². The molecule has 0 fully saturated rings. The smallest absolute Gasteiger partial charge is 0.142 e. The van der Waals surface area contributed by atoms with Crippen LogP contribution >= 0.6 is 0 Å². The van der Waals surface area contributed by atoms with Crippen molar-refractivity contribution in [1.82, 2.24) is 9.55 Å². The van der Waals surface area contributed by atoms with Gasteiger partial charge in [0.05, 0.1) is 23.3 Å². The fraction of sp³-hybridized carbons (Fsp3) is 0.316. The van der Waals surface area contributed by atoms with Gasteiger partial charge in [-0.1, -0.05) is 0 Å². The third-order valence-corrected chi connectivity index (χ3v) is 4.28. The monoisotopic (exact) mass is 324 g/mol. The number of ether oxygens (including phenoxy) is 1. The highest BCUT2D eigenvalue weighted by atomic mass is 16.5. The molecule has 0 aliphatic rings. The van der Waals surface area contributed by atoms with Crippen LogP contribution in [0.5, 0.6) is 5.75 Å². The molecule has 0 spiro atoms. The van der Waals surface area contributed by atoms with Gasteiger partial charge in [-0.15, -0.1) is 0 Å². The van der Waals surface area contributed by atoms with Gasteiger partial charge in [-0.05, 0) is 62.2 Å². The molecule has 0 atom stereocenters. The van der Waals surface area contributed by atoms with Gasteiger partial charge in [0, 0.05) is 18.7 Å². The van der Waals surface area contributed by atoms with E-state index in [0.717, 1.165) is 22.4 Å². The lowest BCUT2D eigenvalue weighted by Gasteiger charge is -2.11. The van der Waals surface area contributed by atoms with Crippen LogP contribution in [0.2, 0.25) is 0 Å². The van der Waals surface area contributed by atoms with Gasteiger partial charge in [-0.2, -0.15) is 0 Å². The van der Waals surface area contributed by atoms with Crippen LogP contribution in [-0.2, 0) is 6.54 Å². The molecule has 4 N–H and O–H groups in total. The first kappa shape index (κ1) is 16.3. The average molecular weight is 324 g/mol. The summed E-state index contributed by atoms with van der Waals surface area (Å²) in [5.41, 5.74) is 18.1. The molecular formula is C19H24N4O. The van der Waals surface area contributed by atoms with E-state index in [1.165, 1.54) is 11.1 Å².